The van der Waals surface area contributed by atoms with Gasteiger partial charge in [-0.2, -0.15) is 0 Å². The van der Waals surface area contributed by atoms with E-state index in [2.05, 4.69) is 77.8 Å². The van der Waals surface area contributed by atoms with Crippen molar-refractivity contribution in [2.45, 2.75) is 67.6 Å². The Morgan fingerprint density at radius 1 is 1.15 bits per heavy atom. The topological polar surface area (TPSA) is 59.8 Å². The van der Waals surface area contributed by atoms with Crippen molar-refractivity contribution in [1.29, 1.82) is 0 Å². The highest BCUT2D eigenvalue weighted by Crippen LogP contribution is 2.30. The Balaban J connectivity index is 1.73. The van der Waals surface area contributed by atoms with E-state index in [4.69, 9.17) is 0 Å². The fraction of sp³-hybridized carbons (Fsp3) is 0.346. The van der Waals surface area contributed by atoms with Crippen LogP contribution in [-0.4, -0.2) is 25.9 Å². The summed E-state index contributed by atoms with van der Waals surface area (Å²) in [5, 5.41) is 12.5. The summed E-state index contributed by atoms with van der Waals surface area (Å²) >= 11 is 3.19. The third-order valence-corrected chi connectivity index (χ3v) is 7.60. The van der Waals surface area contributed by atoms with Crippen LogP contribution in [0.3, 0.4) is 0 Å². The van der Waals surface area contributed by atoms with Crippen LogP contribution in [0.4, 0.5) is 5.69 Å². The molecular weight excluding hydrogens is 448 g/mol. The van der Waals surface area contributed by atoms with E-state index in [1.54, 1.807) is 11.8 Å². The van der Waals surface area contributed by atoms with Gasteiger partial charge in [0, 0.05) is 17.1 Å². The Morgan fingerprint density at radius 3 is 2.55 bits per heavy atom. The van der Waals surface area contributed by atoms with Gasteiger partial charge in [-0.15, -0.1) is 28.5 Å². The lowest BCUT2D eigenvalue weighted by Gasteiger charge is -2.18. The second kappa shape index (κ2) is 12.1. The minimum atomic E-state index is -0.268. The van der Waals surface area contributed by atoms with E-state index >= 15 is 0 Å². The molecule has 1 N–H and O–H groups in total. The molecule has 1 amide bonds. The molecule has 5 nitrogen and oxygen atoms in total. The number of aromatic nitrogens is 3. The number of para-hydroxylation sites is 1. The van der Waals surface area contributed by atoms with Gasteiger partial charge in [0.1, 0.15) is 5.82 Å². The van der Waals surface area contributed by atoms with Crippen LogP contribution in [-0.2, 0) is 17.1 Å². The number of thioether (sulfide) groups is 2. The van der Waals surface area contributed by atoms with Crippen molar-refractivity contribution in [3.05, 3.63) is 78.1 Å². The van der Waals surface area contributed by atoms with Gasteiger partial charge in [-0.3, -0.25) is 4.79 Å². The standard InChI is InChI=1S/C26H32N4OS2/c1-6-16-30-24(17-32-20-14-12-19(5)13-15-20)28-29-26(30)33-23(7-2)25(31)27-22-11-9-8-10-21(22)18(3)4/h6,8-15,18,23H,1,7,16-17H2,2-5H3,(H,27,31). The summed E-state index contributed by atoms with van der Waals surface area (Å²) in [5.74, 6) is 1.90. The van der Waals surface area contributed by atoms with Crippen molar-refractivity contribution in [1.82, 2.24) is 14.8 Å². The van der Waals surface area contributed by atoms with Crippen LogP contribution in [0.2, 0.25) is 0 Å². The van der Waals surface area contributed by atoms with Crippen LogP contribution < -0.4 is 5.32 Å². The van der Waals surface area contributed by atoms with Gasteiger partial charge in [0.25, 0.3) is 0 Å². The zero-order valence-corrected chi connectivity index (χ0v) is 21.4. The van der Waals surface area contributed by atoms with Crippen molar-refractivity contribution in [2.75, 3.05) is 5.32 Å². The van der Waals surface area contributed by atoms with E-state index in [1.165, 1.54) is 22.2 Å². The second-order valence-electron chi connectivity index (χ2n) is 8.15. The number of carbonyl (C=O) groups excluding carboxylic acids is 1. The molecule has 174 valence electrons. The first kappa shape index (κ1) is 25.1. The normalized spacial score (nSPS) is 12.0. The molecule has 1 heterocycles. The van der Waals surface area contributed by atoms with E-state index in [0.717, 1.165) is 22.2 Å². The van der Waals surface area contributed by atoms with E-state index in [9.17, 15) is 4.79 Å². The third kappa shape index (κ3) is 6.74. The van der Waals surface area contributed by atoms with Crippen molar-refractivity contribution in [2.24, 2.45) is 0 Å². The zero-order valence-electron chi connectivity index (χ0n) is 19.7. The number of nitrogens with one attached hydrogen (secondary N) is 1. The molecule has 0 aliphatic carbocycles. The summed E-state index contributed by atoms with van der Waals surface area (Å²) in [4.78, 5) is 14.3. The lowest BCUT2D eigenvalue weighted by molar-refractivity contribution is -0.115. The first-order chi connectivity index (χ1) is 15.9. The molecule has 0 spiro atoms. The average Bonchev–Trinajstić information content (AvgIpc) is 3.18. The Kier molecular flexibility index (Phi) is 9.21. The first-order valence-electron chi connectivity index (χ1n) is 11.2. The van der Waals surface area contributed by atoms with E-state index in [0.29, 0.717) is 24.6 Å². The molecule has 0 saturated carbocycles. The molecule has 3 aromatic rings. The number of amides is 1. The van der Waals surface area contributed by atoms with E-state index in [-0.39, 0.29) is 11.2 Å². The number of hydrogen-bond donors (Lipinski definition) is 1. The maximum atomic E-state index is 13.1. The van der Waals surface area contributed by atoms with Gasteiger partial charge < -0.3 is 9.88 Å². The summed E-state index contributed by atoms with van der Waals surface area (Å²) in [5.41, 5.74) is 3.25. The predicted octanol–water partition coefficient (Wildman–Crippen LogP) is 6.70. The molecule has 33 heavy (non-hydrogen) atoms. The predicted molar refractivity (Wildman–Crippen MR) is 140 cm³/mol. The number of benzene rings is 2. The highest BCUT2D eigenvalue weighted by Gasteiger charge is 2.23. The molecule has 2 aromatic carbocycles. The second-order valence-corrected chi connectivity index (χ2v) is 10.4. The van der Waals surface area contributed by atoms with Gasteiger partial charge in [-0.1, -0.05) is 74.5 Å². The molecule has 1 aromatic heterocycles. The van der Waals surface area contributed by atoms with Gasteiger partial charge in [0.15, 0.2) is 5.16 Å². The molecule has 0 radical (unpaired) electrons. The molecular formula is C26H32N4OS2. The Morgan fingerprint density at radius 2 is 1.88 bits per heavy atom. The number of nitrogens with zero attached hydrogens (tertiary/aromatic N) is 3. The Bertz CT molecular complexity index is 1080. The Hall–Kier alpha value is -2.51. The Labute approximate surface area is 205 Å². The molecule has 1 atom stereocenters. The minimum absolute atomic E-state index is 0.0145. The van der Waals surface area contributed by atoms with Gasteiger partial charge in [0.05, 0.1) is 11.0 Å². The van der Waals surface area contributed by atoms with Crippen LogP contribution in [0.1, 0.15) is 50.1 Å². The molecule has 7 heteroatoms. The molecule has 0 aliphatic heterocycles. The van der Waals surface area contributed by atoms with Gasteiger partial charge in [0.2, 0.25) is 5.91 Å². The van der Waals surface area contributed by atoms with Crippen LogP contribution >= 0.6 is 23.5 Å². The van der Waals surface area contributed by atoms with Crippen molar-refractivity contribution in [3.63, 3.8) is 0 Å². The third-order valence-electron chi connectivity index (χ3n) is 5.25. The van der Waals surface area contributed by atoms with Gasteiger partial charge in [-0.05, 0) is 43.0 Å². The van der Waals surface area contributed by atoms with Gasteiger partial charge >= 0.3 is 0 Å². The number of anilines is 1. The van der Waals surface area contributed by atoms with E-state index < -0.39 is 0 Å². The molecule has 0 saturated heterocycles. The summed E-state index contributed by atoms with van der Waals surface area (Å²) < 4.78 is 2.05. The molecule has 3 rings (SSSR count). The summed E-state index contributed by atoms with van der Waals surface area (Å²) in [6.07, 6.45) is 2.53. The monoisotopic (exact) mass is 480 g/mol. The summed E-state index contributed by atoms with van der Waals surface area (Å²) in [7, 11) is 0. The fourth-order valence-electron chi connectivity index (χ4n) is 3.38. The number of rotatable bonds is 11. The number of aryl methyl sites for hydroxylation is 1. The molecule has 1 unspecified atom stereocenters. The van der Waals surface area contributed by atoms with Crippen LogP contribution in [0, 0.1) is 6.92 Å². The van der Waals surface area contributed by atoms with Crippen molar-refractivity contribution >= 4 is 35.1 Å². The van der Waals surface area contributed by atoms with Crippen LogP contribution in [0.15, 0.2) is 71.2 Å². The van der Waals surface area contributed by atoms with Gasteiger partial charge in [-0.25, -0.2) is 0 Å². The highest BCUT2D eigenvalue weighted by molar-refractivity contribution is 8.00. The minimum Gasteiger partial charge on any atom is -0.325 e. The molecule has 0 aliphatic rings. The number of carbonyl (C=O) groups is 1. The first-order valence-corrected chi connectivity index (χ1v) is 13.1. The maximum absolute atomic E-state index is 13.1. The fourth-order valence-corrected chi connectivity index (χ4v) is 5.20. The summed E-state index contributed by atoms with van der Waals surface area (Å²) in [6.45, 7) is 12.9. The SMILES string of the molecule is C=CCn1c(CSc2ccc(C)cc2)nnc1SC(CC)C(=O)Nc1ccccc1C(C)C. The van der Waals surface area contributed by atoms with E-state index in [1.807, 2.05) is 31.2 Å². The van der Waals surface area contributed by atoms with Crippen LogP contribution in [0.25, 0.3) is 0 Å². The molecule has 0 fully saturated rings. The van der Waals surface area contributed by atoms with Crippen molar-refractivity contribution in [3.8, 4) is 0 Å². The largest absolute Gasteiger partial charge is 0.325 e. The highest BCUT2D eigenvalue weighted by atomic mass is 32.2. The quantitative estimate of drug-likeness (QED) is 0.244. The smallest absolute Gasteiger partial charge is 0.237 e. The molecule has 0 bridgehead atoms. The number of allylic oxidation sites excluding steroid dienone is 1. The zero-order chi connectivity index (χ0) is 23.8. The lowest BCUT2D eigenvalue weighted by Crippen LogP contribution is -2.25. The number of hydrogen-bond acceptors (Lipinski definition) is 5. The average molecular weight is 481 g/mol. The maximum Gasteiger partial charge on any atom is 0.237 e. The van der Waals surface area contributed by atoms with Crippen molar-refractivity contribution < 1.29 is 4.79 Å². The van der Waals surface area contributed by atoms with Crippen LogP contribution in [0.5, 0.6) is 0 Å². The summed E-state index contributed by atoms with van der Waals surface area (Å²) in [6, 6.07) is 16.4. The lowest BCUT2D eigenvalue weighted by atomic mass is 10.0.